The van der Waals surface area contributed by atoms with Gasteiger partial charge in [-0.05, 0) is 69.0 Å². The van der Waals surface area contributed by atoms with Gasteiger partial charge in [-0.25, -0.2) is 12.7 Å². The lowest BCUT2D eigenvalue weighted by Gasteiger charge is -2.38. The Morgan fingerprint density at radius 3 is 2.37 bits per heavy atom. The van der Waals surface area contributed by atoms with Crippen LogP contribution in [-0.4, -0.2) is 19.9 Å². The maximum absolute atomic E-state index is 13.1. The topological polar surface area (TPSA) is 66.5 Å². The molecular weight excluding hydrogens is 360 g/mol. The van der Waals surface area contributed by atoms with Crippen LogP contribution in [0.1, 0.15) is 51.2 Å². The number of carbonyl (C=O) groups excluding carboxylic acids is 1. The third-order valence-electron chi connectivity index (χ3n) is 4.94. The summed E-state index contributed by atoms with van der Waals surface area (Å²) in [5, 5.41) is 3.49. The van der Waals surface area contributed by atoms with Crippen LogP contribution in [0.5, 0.6) is 0 Å². The van der Waals surface area contributed by atoms with Gasteiger partial charge in [-0.1, -0.05) is 24.6 Å². The zero-order valence-electron chi connectivity index (χ0n) is 16.4. The number of hydrogen-bond donors (Lipinski definition) is 1. The van der Waals surface area contributed by atoms with Crippen molar-refractivity contribution in [2.24, 2.45) is 0 Å². The lowest BCUT2D eigenvalue weighted by Crippen LogP contribution is -2.38. The number of carbonyl (C=O) groups is 1. The molecule has 1 N–H and O–H groups in total. The summed E-state index contributed by atoms with van der Waals surface area (Å²) in [5.74, 6) is -0.278. The SMILES string of the molecule is CC(=O)N(c1ccc2c(c1)C(C)CC(C)(C)N2)S(=O)(=O)c1ccc(C)cc1. The molecule has 1 heterocycles. The molecule has 1 atom stereocenters. The lowest BCUT2D eigenvalue weighted by atomic mass is 9.82. The van der Waals surface area contributed by atoms with Crippen LogP contribution in [-0.2, 0) is 14.8 Å². The van der Waals surface area contributed by atoms with Crippen LogP contribution >= 0.6 is 0 Å². The fourth-order valence-corrected chi connectivity index (χ4v) is 5.21. The van der Waals surface area contributed by atoms with Crippen LogP contribution in [0.4, 0.5) is 11.4 Å². The number of sulfonamides is 1. The monoisotopic (exact) mass is 386 g/mol. The van der Waals surface area contributed by atoms with E-state index in [2.05, 4.69) is 26.1 Å². The van der Waals surface area contributed by atoms with E-state index in [9.17, 15) is 13.2 Å². The minimum atomic E-state index is -3.97. The van der Waals surface area contributed by atoms with E-state index < -0.39 is 15.9 Å². The Morgan fingerprint density at radius 2 is 1.78 bits per heavy atom. The molecule has 5 nitrogen and oxygen atoms in total. The van der Waals surface area contributed by atoms with Crippen molar-refractivity contribution in [3.8, 4) is 0 Å². The maximum Gasteiger partial charge on any atom is 0.270 e. The highest BCUT2D eigenvalue weighted by Crippen LogP contribution is 2.41. The van der Waals surface area contributed by atoms with Crippen molar-refractivity contribution in [1.29, 1.82) is 0 Å². The summed E-state index contributed by atoms with van der Waals surface area (Å²) in [5.41, 5.74) is 3.31. The molecule has 1 aliphatic heterocycles. The molecule has 0 spiro atoms. The van der Waals surface area contributed by atoms with Gasteiger partial charge in [0.05, 0.1) is 10.6 Å². The van der Waals surface area contributed by atoms with E-state index in [0.29, 0.717) is 5.69 Å². The minimum absolute atomic E-state index is 0.0256. The van der Waals surface area contributed by atoms with Crippen LogP contribution in [0.25, 0.3) is 0 Å². The number of amides is 1. The molecular formula is C21H26N2O3S. The summed E-state index contributed by atoms with van der Waals surface area (Å²) in [6, 6.07) is 11.9. The van der Waals surface area contributed by atoms with Crippen LogP contribution in [0.15, 0.2) is 47.4 Å². The quantitative estimate of drug-likeness (QED) is 0.847. The van der Waals surface area contributed by atoms with Gasteiger partial charge in [0.15, 0.2) is 0 Å². The molecule has 144 valence electrons. The highest BCUT2D eigenvalue weighted by molar-refractivity contribution is 7.93. The van der Waals surface area contributed by atoms with Crippen LogP contribution in [0.2, 0.25) is 0 Å². The van der Waals surface area contributed by atoms with Crippen molar-refractivity contribution < 1.29 is 13.2 Å². The average molecular weight is 387 g/mol. The molecule has 27 heavy (non-hydrogen) atoms. The van der Waals surface area contributed by atoms with Gasteiger partial charge in [0.25, 0.3) is 10.0 Å². The first-order valence-electron chi connectivity index (χ1n) is 9.06. The predicted octanol–water partition coefficient (Wildman–Crippen LogP) is 4.43. The van der Waals surface area contributed by atoms with Crippen molar-refractivity contribution in [3.05, 3.63) is 53.6 Å². The molecule has 1 amide bonds. The highest BCUT2D eigenvalue weighted by atomic mass is 32.2. The van der Waals surface area contributed by atoms with Crippen molar-refractivity contribution in [1.82, 2.24) is 0 Å². The Morgan fingerprint density at radius 1 is 1.15 bits per heavy atom. The van der Waals surface area contributed by atoms with E-state index in [4.69, 9.17) is 0 Å². The Labute approximate surface area is 161 Å². The summed E-state index contributed by atoms with van der Waals surface area (Å²) in [7, 11) is -3.97. The van der Waals surface area contributed by atoms with E-state index >= 15 is 0 Å². The molecule has 0 radical (unpaired) electrons. The first-order valence-corrected chi connectivity index (χ1v) is 10.5. The smallest absolute Gasteiger partial charge is 0.270 e. The number of nitrogens with one attached hydrogen (secondary N) is 1. The number of benzene rings is 2. The van der Waals surface area contributed by atoms with E-state index in [0.717, 1.165) is 27.5 Å². The van der Waals surface area contributed by atoms with Gasteiger partial charge in [-0.15, -0.1) is 0 Å². The minimum Gasteiger partial charge on any atom is -0.380 e. The maximum atomic E-state index is 13.1. The zero-order valence-corrected chi connectivity index (χ0v) is 17.2. The highest BCUT2D eigenvalue weighted by Gasteiger charge is 2.32. The number of nitrogens with zero attached hydrogens (tertiary/aromatic N) is 1. The fraction of sp³-hybridized carbons (Fsp3) is 0.381. The average Bonchev–Trinajstić information content (AvgIpc) is 2.54. The predicted molar refractivity (Wildman–Crippen MR) is 109 cm³/mol. The summed E-state index contributed by atoms with van der Waals surface area (Å²) in [4.78, 5) is 12.4. The Bertz CT molecular complexity index is 979. The molecule has 0 fully saturated rings. The van der Waals surface area contributed by atoms with Crippen molar-refractivity contribution >= 4 is 27.3 Å². The molecule has 0 bridgehead atoms. The largest absolute Gasteiger partial charge is 0.380 e. The second-order valence-corrected chi connectivity index (χ2v) is 9.77. The second kappa shape index (κ2) is 6.68. The number of fused-ring (bicyclic) bond motifs is 1. The number of rotatable bonds is 3. The van der Waals surface area contributed by atoms with Gasteiger partial charge in [0.1, 0.15) is 0 Å². The van der Waals surface area contributed by atoms with E-state index in [1.165, 1.54) is 19.1 Å². The summed E-state index contributed by atoms with van der Waals surface area (Å²) >= 11 is 0. The molecule has 3 rings (SSSR count). The Kier molecular flexibility index (Phi) is 4.80. The molecule has 1 aliphatic rings. The fourth-order valence-electron chi connectivity index (χ4n) is 3.79. The molecule has 2 aromatic rings. The first kappa shape index (κ1) is 19.4. The van der Waals surface area contributed by atoms with Crippen LogP contribution in [0, 0.1) is 6.92 Å². The molecule has 1 unspecified atom stereocenters. The standard InChI is InChI=1S/C21H26N2O3S/c1-14-6-9-18(10-7-14)27(25,26)23(16(3)24)17-8-11-20-19(12-17)15(2)13-21(4,5)22-20/h6-12,15,22H,13H2,1-5H3. The first-order chi connectivity index (χ1) is 12.5. The Balaban J connectivity index is 2.08. The molecule has 0 aliphatic carbocycles. The van der Waals surface area contributed by atoms with E-state index in [1.54, 1.807) is 18.2 Å². The van der Waals surface area contributed by atoms with Gasteiger partial charge in [-0.3, -0.25) is 4.79 Å². The molecule has 2 aromatic carbocycles. The lowest BCUT2D eigenvalue weighted by molar-refractivity contribution is -0.115. The van der Waals surface area contributed by atoms with Crippen molar-refractivity contribution in [2.75, 3.05) is 9.62 Å². The van der Waals surface area contributed by atoms with Crippen LogP contribution in [0.3, 0.4) is 0 Å². The second-order valence-electron chi connectivity index (χ2n) is 7.99. The Hall–Kier alpha value is -2.34. The van der Waals surface area contributed by atoms with Crippen LogP contribution < -0.4 is 9.62 Å². The van der Waals surface area contributed by atoms with Gasteiger partial charge in [0.2, 0.25) is 5.91 Å². The third kappa shape index (κ3) is 3.72. The summed E-state index contributed by atoms with van der Waals surface area (Å²) in [6.07, 6.45) is 0.925. The third-order valence-corrected chi connectivity index (χ3v) is 6.75. The molecule has 0 saturated heterocycles. The van der Waals surface area contributed by atoms with Gasteiger partial charge in [0, 0.05) is 18.2 Å². The number of aryl methyl sites for hydroxylation is 1. The molecule has 0 saturated carbocycles. The van der Waals surface area contributed by atoms with Gasteiger partial charge in [-0.2, -0.15) is 0 Å². The normalized spacial score (nSPS) is 18.3. The van der Waals surface area contributed by atoms with Gasteiger partial charge >= 0.3 is 0 Å². The summed E-state index contributed by atoms with van der Waals surface area (Å²) < 4.78 is 27.1. The number of hydrogen-bond acceptors (Lipinski definition) is 4. The zero-order chi connectivity index (χ0) is 20.0. The molecule has 0 aromatic heterocycles. The number of anilines is 2. The summed E-state index contributed by atoms with van der Waals surface area (Å²) in [6.45, 7) is 9.57. The van der Waals surface area contributed by atoms with E-state index in [-0.39, 0.29) is 16.4 Å². The van der Waals surface area contributed by atoms with E-state index in [1.807, 2.05) is 19.1 Å². The van der Waals surface area contributed by atoms with Crippen molar-refractivity contribution in [2.45, 2.75) is 57.4 Å². The van der Waals surface area contributed by atoms with Gasteiger partial charge < -0.3 is 5.32 Å². The van der Waals surface area contributed by atoms with Crippen molar-refractivity contribution in [3.63, 3.8) is 0 Å². The molecule has 6 heteroatoms.